The molecule has 0 aromatic heterocycles. The molecule has 180 valence electrons. The van der Waals surface area contributed by atoms with Crippen molar-refractivity contribution in [1.82, 2.24) is 0 Å². The lowest BCUT2D eigenvalue weighted by Crippen LogP contribution is -3.00. The monoisotopic (exact) mass is 555 g/mol. The maximum absolute atomic E-state index is 12.0. The molecular formula is C31H27BrNO2P. The molecular weight excluding hydrogens is 529 g/mol. The van der Waals surface area contributed by atoms with E-state index in [9.17, 15) is 10.1 Å². The van der Waals surface area contributed by atoms with Crippen LogP contribution in [0.2, 0.25) is 0 Å². The summed E-state index contributed by atoms with van der Waals surface area (Å²) in [6.07, 6.45) is 2.44. The van der Waals surface area contributed by atoms with Crippen LogP contribution in [0.1, 0.15) is 18.1 Å². The van der Waals surface area contributed by atoms with E-state index in [1.165, 1.54) is 21.5 Å². The first-order valence-electron chi connectivity index (χ1n) is 11.6. The van der Waals surface area contributed by atoms with E-state index in [1.54, 1.807) is 13.0 Å². The molecule has 3 nitrogen and oxygen atoms in total. The molecule has 4 aromatic rings. The van der Waals surface area contributed by atoms with Gasteiger partial charge in [0, 0.05) is 0 Å². The fourth-order valence-corrected chi connectivity index (χ4v) is 8.52. The van der Waals surface area contributed by atoms with E-state index in [0.29, 0.717) is 0 Å². The zero-order valence-electron chi connectivity index (χ0n) is 20.1. The molecule has 0 atom stereocenters. The van der Waals surface area contributed by atoms with Gasteiger partial charge < -0.3 is 21.7 Å². The Morgan fingerprint density at radius 2 is 1.22 bits per heavy atom. The summed E-state index contributed by atoms with van der Waals surface area (Å²) in [5, 5.41) is 13.3. The molecule has 0 saturated carbocycles. The average molecular weight is 556 g/mol. The maximum atomic E-state index is 12.0. The van der Waals surface area contributed by atoms with Gasteiger partial charge in [-0.3, -0.25) is 0 Å². The Morgan fingerprint density at radius 1 is 0.778 bits per heavy atom. The molecule has 36 heavy (non-hydrogen) atoms. The third-order valence-corrected chi connectivity index (χ3v) is 10.3. The van der Waals surface area contributed by atoms with Gasteiger partial charge in [-0.15, -0.1) is 0 Å². The highest BCUT2D eigenvalue weighted by Crippen LogP contribution is 2.58. The summed E-state index contributed by atoms with van der Waals surface area (Å²) in [4.78, 5) is 12.0. The normalized spacial score (nSPS) is 11.2. The summed E-state index contributed by atoms with van der Waals surface area (Å²) in [7, 11) is -1.99. The highest BCUT2D eigenvalue weighted by atomic mass is 79.9. The first kappa shape index (κ1) is 27.1. The lowest BCUT2D eigenvalue weighted by Gasteiger charge is -2.28. The van der Waals surface area contributed by atoms with Gasteiger partial charge in [0.15, 0.2) is 0 Å². The van der Waals surface area contributed by atoms with E-state index in [0.717, 1.165) is 11.7 Å². The summed E-state index contributed by atoms with van der Waals surface area (Å²) in [6, 6.07) is 42.4. The van der Waals surface area contributed by atoms with Crippen molar-refractivity contribution in [2.75, 3.05) is 6.61 Å². The van der Waals surface area contributed by atoms with Crippen molar-refractivity contribution in [3.63, 3.8) is 0 Å². The Kier molecular flexibility index (Phi) is 9.77. The van der Waals surface area contributed by atoms with Crippen LogP contribution in [0.25, 0.3) is 6.08 Å². The lowest BCUT2D eigenvalue weighted by molar-refractivity contribution is -0.137. The molecule has 0 aliphatic rings. The minimum Gasteiger partial charge on any atom is -1.00 e. The zero-order valence-corrected chi connectivity index (χ0v) is 22.5. The van der Waals surface area contributed by atoms with Gasteiger partial charge in [-0.25, -0.2) is 4.79 Å². The van der Waals surface area contributed by atoms with Crippen LogP contribution in [-0.2, 0) is 15.7 Å². The van der Waals surface area contributed by atoms with Crippen LogP contribution in [-0.4, -0.2) is 12.6 Å². The second-order valence-corrected chi connectivity index (χ2v) is 11.6. The largest absolute Gasteiger partial charge is 1.00 e. The Balaban J connectivity index is 0.00000361. The molecule has 0 amide bonds. The molecule has 5 heteroatoms. The van der Waals surface area contributed by atoms with Crippen molar-refractivity contribution in [3.05, 3.63) is 132 Å². The van der Waals surface area contributed by atoms with Gasteiger partial charge in [-0.05, 0) is 60.5 Å². The van der Waals surface area contributed by atoms with Crippen LogP contribution in [0.5, 0.6) is 0 Å². The van der Waals surface area contributed by atoms with Crippen molar-refractivity contribution < 1.29 is 26.5 Å². The van der Waals surface area contributed by atoms with Gasteiger partial charge in [-0.2, -0.15) is 5.26 Å². The Bertz CT molecular complexity index is 1240. The second-order valence-electron chi connectivity index (χ2n) is 8.11. The van der Waals surface area contributed by atoms with Crippen molar-refractivity contribution >= 4 is 35.2 Å². The summed E-state index contributed by atoms with van der Waals surface area (Å²) in [5.41, 5.74) is 1.99. The summed E-state index contributed by atoms with van der Waals surface area (Å²) in [6.45, 7) is 1.96. The van der Waals surface area contributed by atoms with Crippen molar-refractivity contribution in [1.29, 1.82) is 5.26 Å². The van der Waals surface area contributed by atoms with Gasteiger partial charge in [0.2, 0.25) is 0 Å². The van der Waals surface area contributed by atoms with Crippen molar-refractivity contribution in [3.8, 4) is 6.07 Å². The van der Waals surface area contributed by atoms with Crippen LogP contribution < -0.4 is 32.9 Å². The molecule has 0 aliphatic heterocycles. The number of ether oxygens (including phenoxy) is 1. The van der Waals surface area contributed by atoms with E-state index in [4.69, 9.17) is 4.74 Å². The topological polar surface area (TPSA) is 50.1 Å². The third-order valence-electron chi connectivity index (χ3n) is 5.92. The van der Waals surface area contributed by atoms with Crippen LogP contribution in [0.3, 0.4) is 0 Å². The smallest absolute Gasteiger partial charge is 0.348 e. The van der Waals surface area contributed by atoms with Gasteiger partial charge in [0.1, 0.15) is 34.8 Å². The molecule has 0 unspecified atom stereocenters. The molecule has 0 spiro atoms. The summed E-state index contributed by atoms with van der Waals surface area (Å²) >= 11 is 0. The zero-order chi connectivity index (χ0) is 24.5. The highest BCUT2D eigenvalue weighted by Gasteiger charge is 2.45. The van der Waals surface area contributed by atoms with Gasteiger partial charge in [0.05, 0.1) is 12.8 Å². The van der Waals surface area contributed by atoms with Gasteiger partial charge in [0.25, 0.3) is 0 Å². The molecule has 0 bridgehead atoms. The van der Waals surface area contributed by atoms with Crippen LogP contribution >= 0.6 is 7.26 Å². The summed E-state index contributed by atoms with van der Waals surface area (Å²) in [5.74, 6) is -0.596. The van der Waals surface area contributed by atoms with Crippen LogP contribution in [0, 0.1) is 11.3 Å². The predicted molar refractivity (Wildman–Crippen MR) is 146 cm³/mol. The summed E-state index contributed by atoms with van der Waals surface area (Å²) < 4.78 is 4.98. The number of rotatable bonds is 8. The Hall–Kier alpha value is -3.51. The molecule has 0 radical (unpaired) electrons. The maximum Gasteiger partial charge on any atom is 0.348 e. The molecule has 4 rings (SSSR count). The SMILES string of the molecule is CCOC(=O)/C(C#N)=C\c1ccc(C[P+](c2ccccc2)(c2ccccc2)c2ccccc2)cc1.[Br-]. The van der Waals surface area contributed by atoms with E-state index < -0.39 is 13.2 Å². The fourth-order valence-electron chi connectivity index (χ4n) is 4.27. The first-order chi connectivity index (χ1) is 17.2. The van der Waals surface area contributed by atoms with Crippen LogP contribution in [0.15, 0.2) is 121 Å². The number of benzene rings is 4. The van der Waals surface area contributed by atoms with Gasteiger partial charge in [-0.1, -0.05) is 78.9 Å². The number of carbonyl (C=O) groups is 1. The Morgan fingerprint density at radius 3 is 1.61 bits per heavy atom. The minimum absolute atomic E-state index is 0. The van der Waals surface area contributed by atoms with E-state index >= 15 is 0 Å². The quantitative estimate of drug-likeness (QED) is 0.145. The number of nitriles is 1. The number of nitrogens with zero attached hydrogens (tertiary/aromatic N) is 1. The molecule has 0 fully saturated rings. The third kappa shape index (κ3) is 6.00. The number of halogens is 1. The van der Waals surface area contributed by atoms with Gasteiger partial charge >= 0.3 is 5.97 Å². The Labute approximate surface area is 224 Å². The molecule has 0 aliphatic carbocycles. The number of hydrogen-bond donors (Lipinski definition) is 0. The minimum atomic E-state index is -1.99. The average Bonchev–Trinajstić information content (AvgIpc) is 2.93. The number of esters is 1. The second kappa shape index (κ2) is 13.0. The molecule has 0 heterocycles. The van der Waals surface area contributed by atoms with Crippen LogP contribution in [0.4, 0.5) is 0 Å². The van der Waals surface area contributed by atoms with E-state index in [2.05, 4.69) is 103 Å². The molecule has 4 aromatic carbocycles. The first-order valence-corrected chi connectivity index (χ1v) is 13.6. The highest BCUT2D eigenvalue weighted by molar-refractivity contribution is 7.95. The standard InChI is InChI=1S/C31H27NO2P.BrH/c1-2-34-31(33)27(23-32)22-25-18-20-26(21-19-25)24-35(28-12-6-3-7-13-28,29-14-8-4-9-15-29)30-16-10-5-11-17-30;/h3-22H,2,24H2,1H3;1H/q+1;/p-1/b27-22-;. The number of hydrogen-bond acceptors (Lipinski definition) is 3. The lowest BCUT2D eigenvalue weighted by atomic mass is 10.1. The molecule has 0 saturated heterocycles. The van der Waals surface area contributed by atoms with Crippen molar-refractivity contribution in [2.45, 2.75) is 13.1 Å². The fraction of sp³-hybridized carbons (Fsp3) is 0.0968. The number of carbonyl (C=O) groups excluding carboxylic acids is 1. The van der Waals surface area contributed by atoms with E-state index in [1.807, 2.05) is 18.2 Å². The predicted octanol–water partition coefficient (Wildman–Crippen LogP) is 2.65. The molecule has 0 N–H and O–H groups in total. The van der Waals surface area contributed by atoms with E-state index in [-0.39, 0.29) is 29.2 Å². The van der Waals surface area contributed by atoms with Crippen molar-refractivity contribution in [2.24, 2.45) is 0 Å².